The molecule has 7 heteroatoms. The molecule has 24 heavy (non-hydrogen) atoms. The quantitative estimate of drug-likeness (QED) is 0.696. The molecule has 130 valence electrons. The van der Waals surface area contributed by atoms with Crippen LogP contribution in [0, 0.1) is 6.92 Å². The number of aryl methyl sites for hydroxylation is 1. The summed E-state index contributed by atoms with van der Waals surface area (Å²) in [5.74, 6) is 0.772. The number of carbonyl (C=O) groups excluding carboxylic acids is 1. The van der Waals surface area contributed by atoms with Crippen LogP contribution in [0.2, 0.25) is 0 Å². The molecule has 1 aliphatic rings. The van der Waals surface area contributed by atoms with Crippen LogP contribution in [0.15, 0.2) is 24.3 Å². The average molecular weight is 351 g/mol. The van der Waals surface area contributed by atoms with Gasteiger partial charge in [0.05, 0.1) is 6.61 Å². The van der Waals surface area contributed by atoms with Crippen LogP contribution in [0.5, 0.6) is 5.75 Å². The summed E-state index contributed by atoms with van der Waals surface area (Å²) in [5.41, 5.74) is 3.68. The first-order valence-corrected chi connectivity index (χ1v) is 7.99. The maximum Gasteiger partial charge on any atom is 0.272 e. The molecule has 0 saturated carbocycles. The molecule has 2 aromatic rings. The molecule has 0 bridgehead atoms. The largest absolute Gasteiger partial charge is 0.493 e. The number of rotatable bonds is 6. The van der Waals surface area contributed by atoms with Gasteiger partial charge in [0.15, 0.2) is 5.69 Å². The van der Waals surface area contributed by atoms with E-state index in [4.69, 9.17) is 4.74 Å². The number of hydrogen-bond acceptors (Lipinski definition) is 4. The summed E-state index contributed by atoms with van der Waals surface area (Å²) in [5, 5.41) is 13.3. The Kier molecular flexibility index (Phi) is 6.63. The highest BCUT2D eigenvalue weighted by Crippen LogP contribution is 2.16. The number of amides is 1. The molecule has 1 aliphatic heterocycles. The first-order chi connectivity index (χ1) is 11.3. The predicted octanol–water partition coefficient (Wildman–Crippen LogP) is 1.98. The zero-order valence-corrected chi connectivity index (χ0v) is 14.5. The summed E-state index contributed by atoms with van der Waals surface area (Å²) in [6.07, 6.45) is 1.64. The Balaban J connectivity index is 0.00000208. The lowest BCUT2D eigenvalue weighted by atomic mass is 10.1. The van der Waals surface area contributed by atoms with Crippen molar-refractivity contribution < 1.29 is 9.53 Å². The lowest BCUT2D eigenvalue weighted by Gasteiger charge is -2.13. The third-order valence-electron chi connectivity index (χ3n) is 3.98. The Hall–Kier alpha value is -2.05. The molecule has 1 aromatic carbocycles. The van der Waals surface area contributed by atoms with Crippen molar-refractivity contribution in [2.75, 3.05) is 19.7 Å². The van der Waals surface area contributed by atoms with E-state index in [1.54, 1.807) is 0 Å². The fourth-order valence-corrected chi connectivity index (χ4v) is 2.67. The molecule has 3 N–H and O–H groups in total. The van der Waals surface area contributed by atoms with Crippen molar-refractivity contribution in [2.24, 2.45) is 0 Å². The van der Waals surface area contributed by atoms with Gasteiger partial charge in [-0.3, -0.25) is 9.89 Å². The standard InChI is InChI=1S/C17H22N4O2.ClH/c1-12-5-2-3-6-15(12)23-10-4-8-19-17(22)16-13-11-18-9-7-14(13)20-21-16;/h2-3,5-6,18H,4,7-11H2,1H3,(H,19,22)(H,20,21);1H. The van der Waals surface area contributed by atoms with E-state index in [9.17, 15) is 4.79 Å². The number of carbonyl (C=O) groups is 1. The van der Waals surface area contributed by atoms with E-state index in [1.807, 2.05) is 31.2 Å². The van der Waals surface area contributed by atoms with Crippen LogP contribution in [-0.2, 0) is 13.0 Å². The first kappa shape index (κ1) is 18.3. The van der Waals surface area contributed by atoms with Crippen LogP contribution < -0.4 is 15.4 Å². The van der Waals surface area contributed by atoms with Crippen molar-refractivity contribution in [3.05, 3.63) is 46.8 Å². The third-order valence-corrected chi connectivity index (χ3v) is 3.98. The molecule has 0 spiro atoms. The zero-order chi connectivity index (χ0) is 16.1. The van der Waals surface area contributed by atoms with Gasteiger partial charge >= 0.3 is 0 Å². The van der Waals surface area contributed by atoms with Gasteiger partial charge in [-0.25, -0.2) is 0 Å². The number of nitrogens with one attached hydrogen (secondary N) is 3. The van der Waals surface area contributed by atoms with Gasteiger partial charge < -0.3 is 15.4 Å². The Labute approximate surface area is 147 Å². The molecular formula is C17H23ClN4O2. The minimum Gasteiger partial charge on any atom is -0.493 e. The lowest BCUT2D eigenvalue weighted by Crippen LogP contribution is -2.29. The Morgan fingerprint density at radius 3 is 3.04 bits per heavy atom. The number of hydrogen-bond donors (Lipinski definition) is 3. The van der Waals surface area contributed by atoms with E-state index in [2.05, 4.69) is 20.8 Å². The van der Waals surface area contributed by atoms with Gasteiger partial charge in [-0.05, 0) is 25.0 Å². The minimum atomic E-state index is -0.123. The molecule has 0 radical (unpaired) electrons. The second-order valence-corrected chi connectivity index (χ2v) is 5.68. The number of nitrogens with zero attached hydrogens (tertiary/aromatic N) is 1. The molecule has 1 aromatic heterocycles. The van der Waals surface area contributed by atoms with E-state index in [0.717, 1.165) is 42.0 Å². The Morgan fingerprint density at radius 2 is 2.21 bits per heavy atom. The highest BCUT2D eigenvalue weighted by molar-refractivity contribution is 5.94. The fourth-order valence-electron chi connectivity index (χ4n) is 2.67. The number of ether oxygens (including phenoxy) is 1. The summed E-state index contributed by atoms with van der Waals surface area (Å²) in [6.45, 7) is 4.79. The van der Waals surface area contributed by atoms with E-state index >= 15 is 0 Å². The van der Waals surface area contributed by atoms with Gasteiger partial charge in [0.25, 0.3) is 5.91 Å². The molecule has 0 unspecified atom stereocenters. The normalized spacial score (nSPS) is 12.9. The predicted molar refractivity (Wildman–Crippen MR) is 94.9 cm³/mol. The van der Waals surface area contributed by atoms with Crippen molar-refractivity contribution in [3.8, 4) is 5.75 Å². The third kappa shape index (κ3) is 4.27. The highest BCUT2D eigenvalue weighted by Gasteiger charge is 2.20. The molecule has 6 nitrogen and oxygen atoms in total. The zero-order valence-electron chi connectivity index (χ0n) is 13.7. The molecule has 0 saturated heterocycles. The number of fused-ring (bicyclic) bond motifs is 1. The van der Waals surface area contributed by atoms with Crippen LogP contribution in [0.25, 0.3) is 0 Å². The van der Waals surface area contributed by atoms with Gasteiger partial charge in [0.2, 0.25) is 0 Å². The van der Waals surface area contributed by atoms with Crippen molar-refractivity contribution >= 4 is 18.3 Å². The second-order valence-electron chi connectivity index (χ2n) is 5.68. The lowest BCUT2D eigenvalue weighted by molar-refractivity contribution is 0.0945. The fraction of sp³-hybridized carbons (Fsp3) is 0.412. The summed E-state index contributed by atoms with van der Waals surface area (Å²) in [4.78, 5) is 12.2. The van der Waals surface area contributed by atoms with Gasteiger partial charge in [0.1, 0.15) is 5.75 Å². The summed E-state index contributed by atoms with van der Waals surface area (Å²) >= 11 is 0. The first-order valence-electron chi connectivity index (χ1n) is 7.99. The van der Waals surface area contributed by atoms with Crippen molar-refractivity contribution in [3.63, 3.8) is 0 Å². The van der Waals surface area contributed by atoms with E-state index in [1.165, 1.54) is 0 Å². The van der Waals surface area contributed by atoms with Crippen LogP contribution in [0.4, 0.5) is 0 Å². The van der Waals surface area contributed by atoms with Gasteiger partial charge in [-0.2, -0.15) is 5.10 Å². The number of H-pyrrole nitrogens is 1. The summed E-state index contributed by atoms with van der Waals surface area (Å²) < 4.78 is 5.72. The molecule has 0 fully saturated rings. The smallest absolute Gasteiger partial charge is 0.272 e. The Bertz CT molecular complexity index is 687. The molecule has 1 amide bonds. The van der Waals surface area contributed by atoms with E-state index in [0.29, 0.717) is 25.4 Å². The van der Waals surface area contributed by atoms with Crippen LogP contribution in [0.1, 0.15) is 33.7 Å². The summed E-state index contributed by atoms with van der Waals surface area (Å²) in [6, 6.07) is 7.92. The number of aromatic nitrogens is 2. The van der Waals surface area contributed by atoms with Gasteiger partial charge in [-0.15, -0.1) is 12.4 Å². The van der Waals surface area contributed by atoms with Crippen LogP contribution in [-0.4, -0.2) is 35.8 Å². The van der Waals surface area contributed by atoms with E-state index < -0.39 is 0 Å². The SMILES string of the molecule is Cc1ccccc1OCCCNC(=O)c1n[nH]c2c1CNCC2.Cl. The molecule has 0 atom stereocenters. The topological polar surface area (TPSA) is 79.0 Å². The maximum absolute atomic E-state index is 12.2. The van der Waals surface area contributed by atoms with Gasteiger partial charge in [0, 0.05) is 37.3 Å². The van der Waals surface area contributed by atoms with Crippen LogP contribution >= 0.6 is 12.4 Å². The Morgan fingerprint density at radius 1 is 1.38 bits per heavy atom. The minimum absolute atomic E-state index is 0. The monoisotopic (exact) mass is 350 g/mol. The van der Waals surface area contributed by atoms with Crippen molar-refractivity contribution in [1.82, 2.24) is 20.8 Å². The molecular weight excluding hydrogens is 328 g/mol. The van der Waals surface area contributed by atoms with Gasteiger partial charge in [-0.1, -0.05) is 18.2 Å². The number of para-hydroxylation sites is 1. The summed E-state index contributed by atoms with van der Waals surface area (Å²) in [7, 11) is 0. The van der Waals surface area contributed by atoms with E-state index in [-0.39, 0.29) is 18.3 Å². The number of benzene rings is 1. The maximum atomic E-state index is 12.2. The molecule has 2 heterocycles. The highest BCUT2D eigenvalue weighted by atomic mass is 35.5. The second kappa shape index (κ2) is 8.70. The molecule has 3 rings (SSSR count). The number of halogens is 1. The van der Waals surface area contributed by atoms with Crippen LogP contribution in [0.3, 0.4) is 0 Å². The number of aromatic amines is 1. The molecule has 0 aliphatic carbocycles. The average Bonchev–Trinajstić information content (AvgIpc) is 3.00. The van der Waals surface area contributed by atoms with Crippen molar-refractivity contribution in [1.29, 1.82) is 0 Å². The van der Waals surface area contributed by atoms with Crippen molar-refractivity contribution in [2.45, 2.75) is 26.3 Å².